The van der Waals surface area contributed by atoms with E-state index < -0.39 is 6.04 Å². The summed E-state index contributed by atoms with van der Waals surface area (Å²) in [7, 11) is 0. The summed E-state index contributed by atoms with van der Waals surface area (Å²) in [4.78, 5) is 15.3. The summed E-state index contributed by atoms with van der Waals surface area (Å²) in [5.41, 5.74) is 9.58. The van der Waals surface area contributed by atoms with Gasteiger partial charge >= 0.3 is 0 Å². The van der Waals surface area contributed by atoms with Gasteiger partial charge in [-0.3, -0.25) is 10.1 Å². The maximum atomic E-state index is 11.8. The van der Waals surface area contributed by atoms with Gasteiger partial charge in [0.1, 0.15) is 0 Å². The van der Waals surface area contributed by atoms with Crippen LogP contribution in [-0.4, -0.2) is 16.9 Å². The number of benzene rings is 2. The zero-order valence-electron chi connectivity index (χ0n) is 12.6. The third-order valence-corrected chi connectivity index (χ3v) is 5.09. The Morgan fingerprint density at radius 2 is 1.96 bits per heavy atom. The van der Waals surface area contributed by atoms with E-state index in [9.17, 15) is 4.79 Å². The van der Waals surface area contributed by atoms with Crippen molar-refractivity contribution < 1.29 is 4.79 Å². The van der Waals surface area contributed by atoms with Crippen molar-refractivity contribution in [3.8, 4) is 0 Å². The molecule has 2 atom stereocenters. The number of para-hydroxylation sites is 1. The highest BCUT2D eigenvalue weighted by molar-refractivity contribution is 6.35. The molecule has 4 nitrogen and oxygen atoms in total. The molecule has 0 aliphatic carbocycles. The number of H-pyrrole nitrogens is 1. The van der Waals surface area contributed by atoms with Crippen LogP contribution in [0.25, 0.3) is 10.9 Å². The van der Waals surface area contributed by atoms with E-state index in [4.69, 9.17) is 28.9 Å². The van der Waals surface area contributed by atoms with E-state index in [1.807, 2.05) is 24.3 Å². The van der Waals surface area contributed by atoms with Gasteiger partial charge in [0.15, 0.2) is 0 Å². The number of nitrogens with two attached hydrogens (primary N) is 1. The Kier molecular flexibility index (Phi) is 3.76. The highest BCUT2D eigenvalue weighted by Gasteiger charge is 2.33. The molecule has 4 N–H and O–H groups in total. The number of hydrogen-bond acceptors (Lipinski definition) is 2. The molecule has 1 aliphatic heterocycles. The number of carbonyl (C=O) groups is 1. The quantitative estimate of drug-likeness (QED) is 0.654. The lowest BCUT2D eigenvalue weighted by molar-refractivity contribution is -0.120. The van der Waals surface area contributed by atoms with Gasteiger partial charge in [0, 0.05) is 26.6 Å². The highest BCUT2D eigenvalue weighted by Crippen LogP contribution is 2.38. The van der Waals surface area contributed by atoms with E-state index in [1.165, 1.54) is 0 Å². The molecular formula is C18H15Cl2N3O. The van der Waals surface area contributed by atoms with Gasteiger partial charge in [-0.05, 0) is 35.7 Å². The Labute approximate surface area is 148 Å². The summed E-state index contributed by atoms with van der Waals surface area (Å²) in [6, 6.07) is 12.7. The average Bonchev–Trinajstić information content (AvgIpc) is 2.93. The normalized spacial score (nSPS) is 20.1. The van der Waals surface area contributed by atoms with Crippen molar-refractivity contribution in [2.24, 2.45) is 5.73 Å². The second kappa shape index (κ2) is 5.81. The van der Waals surface area contributed by atoms with Gasteiger partial charge in [-0.25, -0.2) is 0 Å². The summed E-state index contributed by atoms with van der Waals surface area (Å²) in [6.07, 6.45) is 0.552. The van der Waals surface area contributed by atoms with Crippen LogP contribution < -0.4 is 11.1 Å². The van der Waals surface area contributed by atoms with Gasteiger partial charge in [0.2, 0.25) is 5.91 Å². The predicted octanol–water partition coefficient (Wildman–Crippen LogP) is 3.56. The number of rotatable bonds is 2. The van der Waals surface area contributed by atoms with E-state index in [-0.39, 0.29) is 11.9 Å². The molecule has 0 saturated heterocycles. The van der Waals surface area contributed by atoms with Crippen molar-refractivity contribution >= 4 is 40.0 Å². The van der Waals surface area contributed by atoms with E-state index in [0.717, 1.165) is 27.7 Å². The summed E-state index contributed by atoms with van der Waals surface area (Å²) in [5.74, 6) is -0.374. The maximum absolute atomic E-state index is 11.8. The van der Waals surface area contributed by atoms with Crippen LogP contribution in [0, 0.1) is 0 Å². The lowest BCUT2D eigenvalue weighted by Gasteiger charge is -2.30. The molecule has 0 unspecified atom stereocenters. The molecule has 6 heteroatoms. The number of hydrogen-bond donors (Lipinski definition) is 3. The number of fused-ring (bicyclic) bond motifs is 3. The molecule has 0 fully saturated rings. The Bertz CT molecular complexity index is 951. The first-order valence-electron chi connectivity index (χ1n) is 7.64. The van der Waals surface area contributed by atoms with Crippen molar-refractivity contribution in [1.82, 2.24) is 10.3 Å². The van der Waals surface area contributed by atoms with Gasteiger partial charge in [-0.15, -0.1) is 0 Å². The van der Waals surface area contributed by atoms with Crippen LogP contribution in [0.15, 0.2) is 42.5 Å². The van der Waals surface area contributed by atoms with Crippen LogP contribution in [0.4, 0.5) is 0 Å². The second-order valence-corrected chi connectivity index (χ2v) is 6.83. The molecule has 4 rings (SSSR count). The molecule has 3 aromatic rings. The van der Waals surface area contributed by atoms with Crippen LogP contribution in [0.3, 0.4) is 0 Å². The van der Waals surface area contributed by atoms with Crippen LogP contribution >= 0.6 is 23.2 Å². The molecule has 2 heterocycles. The van der Waals surface area contributed by atoms with Crippen LogP contribution in [0.2, 0.25) is 10.0 Å². The number of primary amides is 1. The third-order valence-electron chi connectivity index (χ3n) is 4.53. The van der Waals surface area contributed by atoms with Crippen molar-refractivity contribution in [2.75, 3.05) is 0 Å². The van der Waals surface area contributed by atoms with Crippen molar-refractivity contribution in [2.45, 2.75) is 18.5 Å². The molecule has 122 valence electrons. The minimum atomic E-state index is -0.451. The molecule has 2 aromatic carbocycles. The van der Waals surface area contributed by atoms with Crippen molar-refractivity contribution in [1.29, 1.82) is 0 Å². The first-order valence-corrected chi connectivity index (χ1v) is 8.40. The SMILES string of the molecule is NC(=O)[C@@H]1Cc2c([nH]c3ccccc23)[C@H](c2ccc(Cl)cc2Cl)N1. The molecule has 0 saturated carbocycles. The van der Waals surface area contributed by atoms with Crippen LogP contribution in [-0.2, 0) is 11.2 Å². The summed E-state index contributed by atoms with van der Waals surface area (Å²) in [6.45, 7) is 0. The molecule has 0 radical (unpaired) electrons. The van der Waals surface area contributed by atoms with Gasteiger partial charge in [0.05, 0.1) is 12.1 Å². The van der Waals surface area contributed by atoms with Gasteiger partial charge < -0.3 is 10.7 Å². The highest BCUT2D eigenvalue weighted by atomic mass is 35.5. The maximum Gasteiger partial charge on any atom is 0.234 e. The molecule has 1 aliphatic rings. The number of aromatic amines is 1. The molecule has 1 amide bonds. The fourth-order valence-corrected chi connectivity index (χ4v) is 3.92. The fraction of sp³-hybridized carbons (Fsp3) is 0.167. The molecular weight excluding hydrogens is 345 g/mol. The fourth-order valence-electron chi connectivity index (χ4n) is 3.40. The smallest absolute Gasteiger partial charge is 0.234 e. The average molecular weight is 360 g/mol. The standard InChI is InChI=1S/C18H15Cl2N3O/c19-9-5-6-11(13(20)7-9)16-17-12(8-15(23-16)18(21)24)10-3-1-2-4-14(10)22-17/h1-7,15-16,22-23H,8H2,(H2,21,24)/t15-,16-/m0/s1. The number of carbonyl (C=O) groups excluding carboxylic acids is 1. The Morgan fingerprint density at radius 1 is 1.17 bits per heavy atom. The van der Waals surface area contributed by atoms with Crippen molar-refractivity contribution in [3.05, 3.63) is 69.3 Å². The number of nitrogens with one attached hydrogen (secondary N) is 2. The molecule has 24 heavy (non-hydrogen) atoms. The van der Waals surface area contributed by atoms with Gasteiger partial charge in [-0.2, -0.15) is 0 Å². The van der Waals surface area contributed by atoms with Crippen LogP contribution in [0.5, 0.6) is 0 Å². The largest absolute Gasteiger partial charge is 0.368 e. The van der Waals surface area contributed by atoms with E-state index in [2.05, 4.69) is 16.4 Å². The Hall–Kier alpha value is -2.01. The summed E-state index contributed by atoms with van der Waals surface area (Å²) in [5, 5.41) is 5.54. The predicted molar refractivity (Wildman–Crippen MR) is 96.4 cm³/mol. The Morgan fingerprint density at radius 3 is 2.71 bits per heavy atom. The summed E-state index contributed by atoms with van der Waals surface area (Å²) >= 11 is 12.4. The van der Waals surface area contributed by atoms with Crippen LogP contribution in [0.1, 0.15) is 22.9 Å². The first kappa shape index (κ1) is 15.5. The minimum Gasteiger partial charge on any atom is -0.368 e. The van der Waals surface area contributed by atoms with Gasteiger partial charge in [0.25, 0.3) is 0 Å². The number of halogens is 2. The van der Waals surface area contributed by atoms with E-state index in [0.29, 0.717) is 16.5 Å². The third kappa shape index (κ3) is 2.47. The monoisotopic (exact) mass is 359 g/mol. The Balaban J connectivity index is 1.92. The van der Waals surface area contributed by atoms with E-state index in [1.54, 1.807) is 12.1 Å². The topological polar surface area (TPSA) is 70.9 Å². The lowest BCUT2D eigenvalue weighted by atomic mass is 9.90. The zero-order valence-corrected chi connectivity index (χ0v) is 14.2. The van der Waals surface area contributed by atoms with Gasteiger partial charge in [-0.1, -0.05) is 47.5 Å². The summed E-state index contributed by atoms with van der Waals surface area (Å²) < 4.78 is 0. The van der Waals surface area contributed by atoms with E-state index >= 15 is 0 Å². The number of aromatic nitrogens is 1. The second-order valence-electron chi connectivity index (χ2n) is 5.99. The molecule has 0 bridgehead atoms. The zero-order chi connectivity index (χ0) is 16.8. The molecule has 0 spiro atoms. The lowest BCUT2D eigenvalue weighted by Crippen LogP contribution is -2.48. The number of amides is 1. The molecule has 1 aromatic heterocycles. The first-order chi connectivity index (χ1) is 11.5. The van der Waals surface area contributed by atoms with Crippen molar-refractivity contribution in [3.63, 3.8) is 0 Å². The minimum absolute atomic E-state index is 0.247.